The van der Waals surface area contributed by atoms with Crippen LogP contribution in [0.25, 0.3) is 16.8 Å². The number of carbonyl (C=O) groups excluding carboxylic acids is 1. The quantitative estimate of drug-likeness (QED) is 0.507. The Kier molecular flexibility index (Phi) is 5.53. The molecule has 0 atom stereocenters. The Morgan fingerprint density at radius 3 is 2.75 bits per heavy atom. The number of nitrogens with zero attached hydrogens (tertiary/aromatic N) is 4. The SMILES string of the molecule is O=C(c1ccc(Nc2cc(-c3ccccc3CO)cn3ccnc23)nc1)N1CCOCC1. The number of anilines is 2. The molecular formula is C24H23N5O3. The van der Waals surface area contributed by atoms with Gasteiger partial charge in [0.1, 0.15) is 5.82 Å². The lowest BCUT2D eigenvalue weighted by atomic mass is 10.0. The summed E-state index contributed by atoms with van der Waals surface area (Å²) in [6.45, 7) is 2.28. The normalized spacial score (nSPS) is 14.0. The number of pyridine rings is 2. The maximum absolute atomic E-state index is 12.6. The number of morpholine rings is 1. The third kappa shape index (κ3) is 3.93. The molecule has 0 spiro atoms. The van der Waals surface area contributed by atoms with E-state index in [9.17, 15) is 9.90 Å². The van der Waals surface area contributed by atoms with E-state index in [1.54, 1.807) is 29.4 Å². The fraction of sp³-hybridized carbons (Fsp3) is 0.208. The molecule has 0 bridgehead atoms. The Hall–Kier alpha value is -3.75. The number of aliphatic hydroxyl groups excluding tert-OH is 1. The molecular weight excluding hydrogens is 406 g/mol. The number of hydrogen-bond donors (Lipinski definition) is 2. The van der Waals surface area contributed by atoms with Gasteiger partial charge in [-0.15, -0.1) is 0 Å². The van der Waals surface area contributed by atoms with Crippen molar-refractivity contribution in [1.82, 2.24) is 19.3 Å². The molecule has 32 heavy (non-hydrogen) atoms. The molecule has 0 aliphatic carbocycles. The maximum atomic E-state index is 12.6. The van der Waals surface area contributed by atoms with Crippen molar-refractivity contribution in [3.8, 4) is 11.1 Å². The first-order chi connectivity index (χ1) is 15.7. The van der Waals surface area contributed by atoms with E-state index in [1.807, 2.05) is 47.1 Å². The molecule has 1 aliphatic heterocycles. The van der Waals surface area contributed by atoms with Gasteiger partial charge in [-0.2, -0.15) is 0 Å². The highest BCUT2D eigenvalue weighted by Crippen LogP contribution is 2.30. The van der Waals surface area contributed by atoms with Crippen LogP contribution >= 0.6 is 0 Å². The number of imidazole rings is 1. The minimum Gasteiger partial charge on any atom is -0.392 e. The number of fused-ring (bicyclic) bond motifs is 1. The number of hydrogen-bond acceptors (Lipinski definition) is 6. The second-order valence-corrected chi connectivity index (χ2v) is 7.58. The minimum atomic E-state index is -0.0406. The molecule has 8 nitrogen and oxygen atoms in total. The highest BCUT2D eigenvalue weighted by molar-refractivity contribution is 5.94. The highest BCUT2D eigenvalue weighted by Gasteiger charge is 2.19. The molecule has 8 heteroatoms. The fourth-order valence-electron chi connectivity index (χ4n) is 3.89. The topological polar surface area (TPSA) is 92.0 Å². The van der Waals surface area contributed by atoms with Crippen molar-refractivity contribution in [1.29, 1.82) is 0 Å². The monoisotopic (exact) mass is 429 g/mol. The van der Waals surface area contributed by atoms with E-state index in [0.717, 1.165) is 28.0 Å². The van der Waals surface area contributed by atoms with E-state index < -0.39 is 0 Å². The molecule has 3 aromatic heterocycles. The smallest absolute Gasteiger partial charge is 0.255 e. The van der Waals surface area contributed by atoms with Gasteiger partial charge in [0.25, 0.3) is 5.91 Å². The summed E-state index contributed by atoms with van der Waals surface area (Å²) in [5, 5.41) is 13.1. The van der Waals surface area contributed by atoms with E-state index >= 15 is 0 Å². The Morgan fingerprint density at radius 2 is 1.97 bits per heavy atom. The number of nitrogens with one attached hydrogen (secondary N) is 1. The van der Waals surface area contributed by atoms with Crippen LogP contribution in [-0.2, 0) is 11.3 Å². The lowest BCUT2D eigenvalue weighted by Gasteiger charge is -2.26. The van der Waals surface area contributed by atoms with Crippen molar-refractivity contribution >= 4 is 23.1 Å². The van der Waals surface area contributed by atoms with E-state index in [2.05, 4.69) is 15.3 Å². The van der Waals surface area contributed by atoms with Gasteiger partial charge in [-0.25, -0.2) is 9.97 Å². The Balaban J connectivity index is 1.44. The lowest BCUT2D eigenvalue weighted by Crippen LogP contribution is -2.40. The molecule has 1 aromatic carbocycles. The van der Waals surface area contributed by atoms with Crippen molar-refractivity contribution < 1.29 is 14.6 Å². The van der Waals surface area contributed by atoms with Crippen LogP contribution in [0.2, 0.25) is 0 Å². The molecule has 0 radical (unpaired) electrons. The third-order valence-electron chi connectivity index (χ3n) is 5.56. The van der Waals surface area contributed by atoms with Gasteiger partial charge in [-0.3, -0.25) is 4.79 Å². The third-order valence-corrected chi connectivity index (χ3v) is 5.56. The molecule has 1 aliphatic rings. The van der Waals surface area contributed by atoms with Crippen LogP contribution in [0.3, 0.4) is 0 Å². The Labute approximate surface area is 185 Å². The summed E-state index contributed by atoms with van der Waals surface area (Å²) in [5.74, 6) is 0.576. The number of benzene rings is 1. The second-order valence-electron chi connectivity index (χ2n) is 7.58. The standard InChI is InChI=1S/C24H23N5O3/c30-16-18-3-1-2-4-20(18)19-13-21(23-25-7-8-29(23)15-19)27-22-6-5-17(14-26-22)24(31)28-9-11-32-12-10-28/h1-8,13-15,30H,9-12,16H2,(H,26,27). The summed E-state index contributed by atoms with van der Waals surface area (Å²) in [5.41, 5.74) is 4.83. The maximum Gasteiger partial charge on any atom is 0.255 e. The van der Waals surface area contributed by atoms with Crippen molar-refractivity contribution in [2.75, 3.05) is 31.6 Å². The minimum absolute atomic E-state index is 0.0365. The van der Waals surface area contributed by atoms with Crippen molar-refractivity contribution in [3.05, 3.63) is 78.4 Å². The van der Waals surface area contributed by atoms with Gasteiger partial charge in [-0.05, 0) is 29.3 Å². The zero-order chi connectivity index (χ0) is 21.9. The largest absolute Gasteiger partial charge is 0.392 e. The van der Waals surface area contributed by atoms with Crippen LogP contribution in [0.15, 0.2) is 67.3 Å². The zero-order valence-electron chi connectivity index (χ0n) is 17.4. The first kappa shape index (κ1) is 20.2. The molecule has 1 saturated heterocycles. The lowest BCUT2D eigenvalue weighted by molar-refractivity contribution is 0.0302. The molecule has 1 amide bonds. The van der Waals surface area contributed by atoms with Gasteiger partial charge >= 0.3 is 0 Å². The van der Waals surface area contributed by atoms with Gasteiger partial charge in [0.2, 0.25) is 0 Å². The summed E-state index contributed by atoms with van der Waals surface area (Å²) in [4.78, 5) is 23.3. The molecule has 0 saturated carbocycles. The highest BCUT2D eigenvalue weighted by atomic mass is 16.5. The van der Waals surface area contributed by atoms with Crippen molar-refractivity contribution in [2.24, 2.45) is 0 Å². The van der Waals surface area contributed by atoms with Crippen LogP contribution in [0.1, 0.15) is 15.9 Å². The van der Waals surface area contributed by atoms with Crippen molar-refractivity contribution in [3.63, 3.8) is 0 Å². The Bertz CT molecular complexity index is 1250. The molecule has 2 N–H and O–H groups in total. The number of aliphatic hydroxyl groups is 1. The van der Waals surface area contributed by atoms with E-state index in [-0.39, 0.29) is 12.5 Å². The first-order valence-electron chi connectivity index (χ1n) is 10.5. The summed E-state index contributed by atoms with van der Waals surface area (Å²) in [7, 11) is 0. The molecule has 1 fully saturated rings. The Morgan fingerprint density at radius 1 is 1.12 bits per heavy atom. The van der Waals surface area contributed by atoms with Crippen LogP contribution in [0.5, 0.6) is 0 Å². The fourth-order valence-corrected chi connectivity index (χ4v) is 3.89. The summed E-state index contributed by atoms with van der Waals surface area (Å²) < 4.78 is 7.25. The molecule has 162 valence electrons. The van der Waals surface area contributed by atoms with Crippen LogP contribution < -0.4 is 5.32 Å². The first-order valence-corrected chi connectivity index (χ1v) is 10.5. The number of rotatable bonds is 5. The van der Waals surface area contributed by atoms with Crippen LogP contribution in [0, 0.1) is 0 Å². The number of carbonyl (C=O) groups is 1. The van der Waals surface area contributed by atoms with Gasteiger partial charge < -0.3 is 24.5 Å². The molecule has 4 aromatic rings. The molecule has 4 heterocycles. The van der Waals surface area contributed by atoms with Crippen molar-refractivity contribution in [2.45, 2.75) is 6.61 Å². The summed E-state index contributed by atoms with van der Waals surface area (Å²) in [6, 6.07) is 13.3. The summed E-state index contributed by atoms with van der Waals surface area (Å²) >= 11 is 0. The average molecular weight is 429 g/mol. The predicted molar refractivity (Wildman–Crippen MR) is 121 cm³/mol. The van der Waals surface area contributed by atoms with Gasteiger partial charge in [-0.1, -0.05) is 24.3 Å². The number of ether oxygens (including phenoxy) is 1. The number of amides is 1. The predicted octanol–water partition coefficient (Wildman–Crippen LogP) is 3.10. The zero-order valence-corrected chi connectivity index (χ0v) is 17.4. The summed E-state index contributed by atoms with van der Waals surface area (Å²) in [6.07, 6.45) is 7.19. The van der Waals surface area contributed by atoms with Gasteiger partial charge in [0.05, 0.1) is 31.1 Å². The molecule has 0 unspecified atom stereocenters. The average Bonchev–Trinajstić information content (AvgIpc) is 3.34. The number of aromatic nitrogens is 3. The van der Waals surface area contributed by atoms with Gasteiger partial charge in [0, 0.05) is 43.4 Å². The second kappa shape index (κ2) is 8.78. The van der Waals surface area contributed by atoms with Crippen LogP contribution in [-0.4, -0.2) is 56.6 Å². The van der Waals surface area contributed by atoms with E-state index in [4.69, 9.17) is 4.74 Å². The molecule has 5 rings (SSSR count). The van der Waals surface area contributed by atoms with Crippen LogP contribution in [0.4, 0.5) is 11.5 Å². The van der Waals surface area contributed by atoms with Gasteiger partial charge in [0.15, 0.2) is 5.65 Å². The van der Waals surface area contributed by atoms with E-state index in [0.29, 0.717) is 37.7 Å². The van der Waals surface area contributed by atoms with E-state index in [1.165, 1.54) is 0 Å².